The highest BCUT2D eigenvalue weighted by Crippen LogP contribution is 2.28. The van der Waals surface area contributed by atoms with Crippen LogP contribution in [0.3, 0.4) is 0 Å². The van der Waals surface area contributed by atoms with Crippen LogP contribution in [0.5, 0.6) is 5.75 Å². The number of carboxylic acids is 1. The minimum atomic E-state index is -0.841. The van der Waals surface area contributed by atoms with Gasteiger partial charge in [-0.2, -0.15) is 0 Å². The number of carboxylic acid groups (broad SMARTS) is 1. The van der Waals surface area contributed by atoms with Crippen LogP contribution in [0.25, 0.3) is 10.4 Å². The van der Waals surface area contributed by atoms with Gasteiger partial charge in [0.05, 0.1) is 12.0 Å². The highest BCUT2D eigenvalue weighted by Gasteiger charge is 2.13. The molecule has 0 atom stereocenters. The Hall–Kier alpha value is -2.08. The van der Waals surface area contributed by atoms with E-state index < -0.39 is 5.97 Å². The number of methoxy groups -OCH3 is 1. The molecule has 0 amide bonds. The van der Waals surface area contributed by atoms with Gasteiger partial charge in [-0.15, -0.1) is 0 Å². The average Bonchev–Trinajstić information content (AvgIpc) is 2.75. The molecule has 2 aromatic rings. The van der Waals surface area contributed by atoms with Crippen molar-refractivity contribution >= 4 is 17.3 Å². The quantitative estimate of drug-likeness (QED) is 0.891. The summed E-state index contributed by atoms with van der Waals surface area (Å²) in [6.07, 6.45) is 0.522. The van der Waals surface area contributed by atoms with E-state index in [-0.39, 0.29) is 11.3 Å². The molecule has 1 N–H and O–H groups in total. The molecule has 0 fully saturated rings. The zero-order chi connectivity index (χ0) is 15.4. The first-order chi connectivity index (χ1) is 10.0. The van der Waals surface area contributed by atoms with Crippen LogP contribution < -0.4 is 9.61 Å². The van der Waals surface area contributed by atoms with Crippen LogP contribution in [-0.2, 0) is 11.3 Å². The summed E-state index contributed by atoms with van der Waals surface area (Å²) in [4.78, 5) is 23.5. The molecular formula is C15H17NO4S. The van der Waals surface area contributed by atoms with Crippen LogP contribution in [0, 0.1) is 6.92 Å². The van der Waals surface area contributed by atoms with E-state index in [9.17, 15) is 9.59 Å². The molecule has 0 saturated heterocycles. The summed E-state index contributed by atoms with van der Waals surface area (Å²) in [7, 11) is 1.61. The van der Waals surface area contributed by atoms with E-state index in [1.54, 1.807) is 11.7 Å². The van der Waals surface area contributed by atoms with Gasteiger partial charge < -0.3 is 14.4 Å². The fourth-order valence-corrected chi connectivity index (χ4v) is 3.16. The lowest BCUT2D eigenvalue weighted by Crippen LogP contribution is -2.15. The molecule has 6 heteroatoms. The summed E-state index contributed by atoms with van der Waals surface area (Å²) in [5.41, 5.74) is 1.84. The number of ether oxygens (including phenoxy) is 1. The van der Waals surface area contributed by atoms with Gasteiger partial charge in [0, 0.05) is 18.7 Å². The summed E-state index contributed by atoms with van der Waals surface area (Å²) in [6, 6.07) is 7.54. The third-order valence-electron chi connectivity index (χ3n) is 3.27. The summed E-state index contributed by atoms with van der Waals surface area (Å²) in [5.74, 6) is -0.0732. The molecule has 21 heavy (non-hydrogen) atoms. The first-order valence-corrected chi connectivity index (χ1v) is 7.41. The number of aliphatic carboxylic acids is 1. The number of carbonyl (C=O) groups is 1. The number of aromatic nitrogens is 1. The number of thiazole rings is 1. The van der Waals surface area contributed by atoms with Crippen LogP contribution in [0.2, 0.25) is 0 Å². The molecule has 0 aliphatic carbocycles. The smallest absolute Gasteiger partial charge is 0.307 e. The van der Waals surface area contributed by atoms with Crippen LogP contribution in [0.4, 0.5) is 0 Å². The summed E-state index contributed by atoms with van der Waals surface area (Å²) >= 11 is 1.19. The zero-order valence-electron chi connectivity index (χ0n) is 12.0. The van der Waals surface area contributed by atoms with Crippen LogP contribution in [0.15, 0.2) is 29.1 Å². The molecule has 1 aromatic carbocycles. The molecule has 0 aliphatic rings. The number of rotatable bonds is 6. The Morgan fingerprint density at radius 1 is 1.33 bits per heavy atom. The first kappa shape index (κ1) is 15.3. The average molecular weight is 307 g/mol. The normalized spacial score (nSPS) is 10.6. The Kier molecular flexibility index (Phi) is 4.80. The molecule has 1 heterocycles. The molecule has 0 saturated carbocycles. The maximum absolute atomic E-state index is 12.0. The Bertz CT molecular complexity index is 685. The first-order valence-electron chi connectivity index (χ1n) is 6.59. The molecule has 5 nitrogen and oxygen atoms in total. The Labute approximate surface area is 126 Å². The SMILES string of the molecule is COc1ccc(-c2sc(=O)n(CCCC(=O)O)c2C)cc1. The van der Waals surface area contributed by atoms with E-state index in [4.69, 9.17) is 9.84 Å². The van der Waals surface area contributed by atoms with Crippen molar-refractivity contribution in [2.24, 2.45) is 0 Å². The molecule has 1 aromatic heterocycles. The second-order valence-electron chi connectivity index (χ2n) is 4.66. The highest BCUT2D eigenvalue weighted by atomic mass is 32.1. The van der Waals surface area contributed by atoms with Gasteiger partial charge in [0.1, 0.15) is 5.75 Å². The van der Waals surface area contributed by atoms with Crippen molar-refractivity contribution in [3.8, 4) is 16.2 Å². The minimum absolute atomic E-state index is 0.0521. The minimum Gasteiger partial charge on any atom is -0.497 e. The Morgan fingerprint density at radius 2 is 2.00 bits per heavy atom. The van der Waals surface area contributed by atoms with Crippen molar-refractivity contribution in [2.45, 2.75) is 26.3 Å². The van der Waals surface area contributed by atoms with E-state index in [2.05, 4.69) is 0 Å². The number of hydrogen-bond donors (Lipinski definition) is 1. The molecule has 0 spiro atoms. The maximum Gasteiger partial charge on any atom is 0.307 e. The number of hydrogen-bond acceptors (Lipinski definition) is 4. The zero-order valence-corrected chi connectivity index (χ0v) is 12.8. The third kappa shape index (κ3) is 3.52. The molecular weight excluding hydrogens is 290 g/mol. The van der Waals surface area contributed by atoms with E-state index in [1.807, 2.05) is 31.2 Å². The summed E-state index contributed by atoms with van der Waals surface area (Å²) < 4.78 is 6.77. The van der Waals surface area contributed by atoms with Crippen molar-refractivity contribution < 1.29 is 14.6 Å². The Balaban J connectivity index is 2.25. The van der Waals surface area contributed by atoms with Gasteiger partial charge in [0.25, 0.3) is 0 Å². The molecule has 0 bridgehead atoms. The van der Waals surface area contributed by atoms with Crippen LogP contribution >= 0.6 is 11.3 Å². The van der Waals surface area contributed by atoms with E-state index in [0.717, 1.165) is 21.9 Å². The maximum atomic E-state index is 12.0. The van der Waals surface area contributed by atoms with Gasteiger partial charge in [-0.05, 0) is 43.2 Å². The summed E-state index contributed by atoms with van der Waals surface area (Å²) in [6.45, 7) is 2.32. The van der Waals surface area contributed by atoms with Crippen LogP contribution in [0.1, 0.15) is 18.5 Å². The Morgan fingerprint density at radius 3 is 2.57 bits per heavy atom. The highest BCUT2D eigenvalue weighted by molar-refractivity contribution is 7.13. The van der Waals surface area contributed by atoms with Gasteiger partial charge in [0.2, 0.25) is 0 Å². The van der Waals surface area contributed by atoms with Crippen molar-refractivity contribution in [1.82, 2.24) is 4.57 Å². The molecule has 0 radical (unpaired) electrons. The topological polar surface area (TPSA) is 68.5 Å². The lowest BCUT2D eigenvalue weighted by molar-refractivity contribution is -0.137. The van der Waals surface area contributed by atoms with Gasteiger partial charge in [-0.1, -0.05) is 11.3 Å². The molecule has 0 unspecified atom stereocenters. The summed E-state index contributed by atoms with van der Waals surface area (Å²) in [5, 5.41) is 8.67. The fraction of sp³-hybridized carbons (Fsp3) is 0.333. The van der Waals surface area contributed by atoms with E-state index >= 15 is 0 Å². The van der Waals surface area contributed by atoms with Gasteiger partial charge in [-0.3, -0.25) is 9.59 Å². The van der Waals surface area contributed by atoms with E-state index in [1.165, 1.54) is 11.3 Å². The van der Waals surface area contributed by atoms with Crippen molar-refractivity contribution in [3.05, 3.63) is 39.6 Å². The predicted octanol–water partition coefficient (Wildman–Crippen LogP) is 2.76. The monoisotopic (exact) mass is 307 g/mol. The van der Waals surface area contributed by atoms with E-state index in [0.29, 0.717) is 13.0 Å². The fourth-order valence-electron chi connectivity index (χ4n) is 2.13. The van der Waals surface area contributed by atoms with Crippen molar-refractivity contribution in [1.29, 1.82) is 0 Å². The van der Waals surface area contributed by atoms with Gasteiger partial charge in [0.15, 0.2) is 0 Å². The van der Waals surface area contributed by atoms with Gasteiger partial charge >= 0.3 is 10.8 Å². The second-order valence-corrected chi connectivity index (χ2v) is 5.62. The lowest BCUT2D eigenvalue weighted by Gasteiger charge is -2.05. The van der Waals surface area contributed by atoms with Crippen LogP contribution in [-0.4, -0.2) is 22.8 Å². The third-order valence-corrected chi connectivity index (χ3v) is 4.40. The second kappa shape index (κ2) is 6.58. The standard InChI is InChI=1S/C15H17NO4S/c1-10-14(11-5-7-12(20-2)8-6-11)21-15(19)16(10)9-3-4-13(17)18/h5-8H,3-4,9H2,1-2H3,(H,17,18). The molecule has 2 rings (SSSR count). The molecule has 0 aliphatic heterocycles. The van der Waals surface area contributed by atoms with Gasteiger partial charge in [-0.25, -0.2) is 0 Å². The van der Waals surface area contributed by atoms with Crippen molar-refractivity contribution in [2.75, 3.05) is 7.11 Å². The lowest BCUT2D eigenvalue weighted by atomic mass is 10.1. The molecule has 112 valence electrons. The van der Waals surface area contributed by atoms with Crippen molar-refractivity contribution in [3.63, 3.8) is 0 Å². The number of nitrogens with zero attached hydrogens (tertiary/aromatic N) is 1. The predicted molar refractivity (Wildman–Crippen MR) is 82.2 cm³/mol. The number of benzene rings is 1. The largest absolute Gasteiger partial charge is 0.497 e.